The van der Waals surface area contributed by atoms with E-state index in [1.165, 1.54) is 5.56 Å². The Morgan fingerprint density at radius 3 is 2.48 bits per heavy atom. The Morgan fingerprint density at radius 2 is 1.79 bits per heavy atom. The number of hydrogen-bond acceptors (Lipinski definition) is 5. The molecule has 5 rings (SSSR count). The molecule has 6 heteroatoms. The largest absolute Gasteiger partial charge is 0.497 e. The normalized spacial score (nSPS) is 14.6. The molecule has 1 aliphatic heterocycles. The zero-order valence-electron chi connectivity index (χ0n) is 19.3. The molecule has 0 unspecified atom stereocenters. The van der Waals surface area contributed by atoms with Crippen LogP contribution in [0.15, 0.2) is 54.6 Å². The lowest BCUT2D eigenvalue weighted by Crippen LogP contribution is -2.46. The standard InChI is InChI=1S/C27H29N5O/c1-3-6-21-17-26(32-25-8-5-4-7-24(25)29-27(32)23(21)18-28)31-15-13-30(14-16-31)19-20-9-11-22(33-2)12-10-20/h4-5,7-12,17H,3,6,13-16,19H2,1-2H3. The van der Waals surface area contributed by atoms with Gasteiger partial charge in [0.2, 0.25) is 0 Å². The van der Waals surface area contributed by atoms with Crippen molar-refractivity contribution < 1.29 is 4.74 Å². The summed E-state index contributed by atoms with van der Waals surface area (Å²) in [6.07, 6.45) is 1.88. The summed E-state index contributed by atoms with van der Waals surface area (Å²) in [6, 6.07) is 21.2. The van der Waals surface area contributed by atoms with E-state index in [9.17, 15) is 5.26 Å². The summed E-state index contributed by atoms with van der Waals surface area (Å²) in [4.78, 5) is 9.81. The number of aromatic nitrogens is 2. The van der Waals surface area contributed by atoms with E-state index in [-0.39, 0.29) is 0 Å². The summed E-state index contributed by atoms with van der Waals surface area (Å²) in [5.41, 5.74) is 5.87. The number of rotatable bonds is 6. The SMILES string of the molecule is CCCc1cc(N2CCN(Cc3ccc(OC)cc3)CC2)n2c(nc3ccccc32)c1C#N. The minimum Gasteiger partial charge on any atom is -0.497 e. The molecule has 0 atom stereocenters. The predicted octanol–water partition coefficient (Wildman–Crippen LogP) is 4.64. The summed E-state index contributed by atoms with van der Waals surface area (Å²) in [7, 11) is 1.70. The fourth-order valence-corrected chi connectivity index (χ4v) is 4.81. The average Bonchev–Trinajstić information content (AvgIpc) is 3.24. The van der Waals surface area contributed by atoms with Crippen LogP contribution in [-0.4, -0.2) is 47.6 Å². The highest BCUT2D eigenvalue weighted by Gasteiger charge is 2.23. The molecule has 4 aromatic rings. The Bertz CT molecular complexity index is 1310. The smallest absolute Gasteiger partial charge is 0.157 e. The molecule has 0 bridgehead atoms. The number of nitriles is 1. The number of pyridine rings is 1. The molecule has 0 amide bonds. The number of nitrogens with zero attached hydrogens (tertiary/aromatic N) is 5. The zero-order chi connectivity index (χ0) is 22.8. The second-order valence-corrected chi connectivity index (χ2v) is 8.64. The van der Waals surface area contributed by atoms with Gasteiger partial charge in [-0.2, -0.15) is 5.26 Å². The predicted molar refractivity (Wildman–Crippen MR) is 132 cm³/mol. The van der Waals surface area contributed by atoms with Crippen LogP contribution < -0.4 is 9.64 Å². The Kier molecular flexibility index (Phi) is 5.89. The van der Waals surface area contributed by atoms with Crippen LogP contribution in [0.3, 0.4) is 0 Å². The molecule has 0 saturated carbocycles. The van der Waals surface area contributed by atoms with Gasteiger partial charge in [0.15, 0.2) is 5.65 Å². The van der Waals surface area contributed by atoms with Crippen LogP contribution in [0.2, 0.25) is 0 Å². The van der Waals surface area contributed by atoms with Crippen molar-refractivity contribution in [1.82, 2.24) is 14.3 Å². The van der Waals surface area contributed by atoms with E-state index in [1.54, 1.807) is 7.11 Å². The maximum absolute atomic E-state index is 9.95. The van der Waals surface area contributed by atoms with Crippen LogP contribution in [0, 0.1) is 11.3 Å². The first kappa shape index (κ1) is 21.3. The summed E-state index contributed by atoms with van der Waals surface area (Å²) in [5, 5.41) is 9.95. The minimum atomic E-state index is 0.704. The lowest BCUT2D eigenvalue weighted by molar-refractivity contribution is 0.249. The molecule has 0 aliphatic carbocycles. The number of anilines is 1. The first-order valence-electron chi connectivity index (χ1n) is 11.6. The lowest BCUT2D eigenvalue weighted by atomic mass is 10.0. The third-order valence-corrected chi connectivity index (χ3v) is 6.53. The number of benzene rings is 2. The summed E-state index contributed by atoms with van der Waals surface area (Å²) in [5.74, 6) is 2.04. The number of methoxy groups -OCH3 is 1. The van der Waals surface area contributed by atoms with E-state index in [0.717, 1.165) is 79.4 Å². The maximum atomic E-state index is 9.95. The Morgan fingerprint density at radius 1 is 1.03 bits per heavy atom. The number of imidazole rings is 1. The average molecular weight is 440 g/mol. The zero-order valence-corrected chi connectivity index (χ0v) is 19.3. The highest BCUT2D eigenvalue weighted by Crippen LogP contribution is 2.30. The van der Waals surface area contributed by atoms with E-state index in [0.29, 0.717) is 5.56 Å². The van der Waals surface area contributed by atoms with Crippen molar-refractivity contribution in [2.75, 3.05) is 38.2 Å². The van der Waals surface area contributed by atoms with Crippen LogP contribution in [-0.2, 0) is 13.0 Å². The summed E-state index contributed by atoms with van der Waals surface area (Å²) < 4.78 is 7.46. The number of fused-ring (bicyclic) bond motifs is 3. The molecule has 33 heavy (non-hydrogen) atoms. The molecule has 0 N–H and O–H groups in total. The molecule has 1 fully saturated rings. The fraction of sp³-hybridized carbons (Fsp3) is 0.333. The van der Waals surface area contributed by atoms with Crippen molar-refractivity contribution in [1.29, 1.82) is 5.26 Å². The van der Waals surface area contributed by atoms with Gasteiger partial charge in [-0.3, -0.25) is 9.30 Å². The second-order valence-electron chi connectivity index (χ2n) is 8.64. The van der Waals surface area contributed by atoms with Crippen LogP contribution >= 0.6 is 0 Å². The van der Waals surface area contributed by atoms with E-state index in [1.807, 2.05) is 30.3 Å². The summed E-state index contributed by atoms with van der Waals surface area (Å²) in [6.45, 7) is 6.96. The molecule has 0 spiro atoms. The Balaban J connectivity index is 1.45. The van der Waals surface area contributed by atoms with Gasteiger partial charge in [-0.15, -0.1) is 0 Å². The number of aryl methyl sites for hydroxylation is 1. The van der Waals surface area contributed by atoms with E-state index in [2.05, 4.69) is 51.5 Å². The Hall–Kier alpha value is -3.56. The molecule has 2 aromatic carbocycles. The lowest BCUT2D eigenvalue weighted by Gasteiger charge is -2.36. The third-order valence-electron chi connectivity index (χ3n) is 6.53. The van der Waals surface area contributed by atoms with Gasteiger partial charge >= 0.3 is 0 Å². The third kappa shape index (κ3) is 4.01. The van der Waals surface area contributed by atoms with Crippen LogP contribution in [0.1, 0.15) is 30.0 Å². The van der Waals surface area contributed by atoms with E-state index < -0.39 is 0 Å². The summed E-state index contributed by atoms with van der Waals surface area (Å²) >= 11 is 0. The molecule has 3 heterocycles. The highest BCUT2D eigenvalue weighted by atomic mass is 16.5. The van der Waals surface area contributed by atoms with Gasteiger partial charge in [-0.1, -0.05) is 37.6 Å². The number of ether oxygens (including phenoxy) is 1. The van der Waals surface area contributed by atoms with Crippen molar-refractivity contribution in [2.24, 2.45) is 0 Å². The quantitative estimate of drug-likeness (QED) is 0.438. The molecular formula is C27H29N5O. The molecule has 168 valence electrons. The second kappa shape index (κ2) is 9.13. The van der Waals surface area contributed by atoms with Crippen molar-refractivity contribution in [2.45, 2.75) is 26.3 Å². The van der Waals surface area contributed by atoms with Crippen molar-refractivity contribution in [3.63, 3.8) is 0 Å². The van der Waals surface area contributed by atoms with Gasteiger partial charge in [-0.05, 0) is 47.9 Å². The number of piperazine rings is 1. The van der Waals surface area contributed by atoms with Gasteiger partial charge in [0, 0.05) is 32.7 Å². The van der Waals surface area contributed by atoms with Crippen LogP contribution in [0.5, 0.6) is 5.75 Å². The maximum Gasteiger partial charge on any atom is 0.157 e. The van der Waals surface area contributed by atoms with Crippen molar-refractivity contribution in [3.8, 4) is 11.8 Å². The molecule has 2 aromatic heterocycles. The van der Waals surface area contributed by atoms with Crippen LogP contribution in [0.25, 0.3) is 16.7 Å². The van der Waals surface area contributed by atoms with Gasteiger partial charge in [0.05, 0.1) is 23.7 Å². The van der Waals surface area contributed by atoms with Gasteiger partial charge in [-0.25, -0.2) is 4.98 Å². The van der Waals surface area contributed by atoms with E-state index >= 15 is 0 Å². The number of hydrogen-bond donors (Lipinski definition) is 0. The highest BCUT2D eigenvalue weighted by molar-refractivity contribution is 5.85. The topological polar surface area (TPSA) is 56.8 Å². The molecule has 1 saturated heterocycles. The number of para-hydroxylation sites is 2. The van der Waals surface area contributed by atoms with Gasteiger partial charge in [0.1, 0.15) is 17.6 Å². The van der Waals surface area contributed by atoms with Gasteiger partial charge in [0.25, 0.3) is 0 Å². The Labute approximate surface area is 194 Å². The van der Waals surface area contributed by atoms with Crippen molar-refractivity contribution >= 4 is 22.5 Å². The molecule has 0 radical (unpaired) electrons. The van der Waals surface area contributed by atoms with Crippen LogP contribution in [0.4, 0.5) is 5.82 Å². The van der Waals surface area contributed by atoms with Gasteiger partial charge < -0.3 is 9.64 Å². The monoisotopic (exact) mass is 439 g/mol. The minimum absolute atomic E-state index is 0.704. The van der Waals surface area contributed by atoms with E-state index in [4.69, 9.17) is 9.72 Å². The van der Waals surface area contributed by atoms with Crippen molar-refractivity contribution in [3.05, 3.63) is 71.3 Å². The first-order valence-corrected chi connectivity index (χ1v) is 11.6. The molecule has 1 aliphatic rings. The first-order chi connectivity index (χ1) is 16.2. The fourth-order valence-electron chi connectivity index (χ4n) is 4.81. The molecular weight excluding hydrogens is 410 g/mol. The molecule has 6 nitrogen and oxygen atoms in total.